The lowest BCUT2D eigenvalue weighted by atomic mass is 10.0. The number of aliphatic hydroxyl groups is 1. The SMILES string of the molecule is CCC[C@@]1(O)C[C@@H]1CC(=O)c1ccccc1. The fourth-order valence-corrected chi connectivity index (χ4v) is 2.33. The Labute approximate surface area is 96.3 Å². The lowest BCUT2D eigenvalue weighted by Gasteiger charge is -2.07. The Bertz CT molecular complexity index is 372. The number of hydrogen-bond acceptors (Lipinski definition) is 2. The van der Waals surface area contributed by atoms with E-state index < -0.39 is 5.60 Å². The van der Waals surface area contributed by atoms with E-state index in [9.17, 15) is 9.90 Å². The number of benzene rings is 1. The lowest BCUT2D eigenvalue weighted by Crippen LogP contribution is -2.12. The molecule has 2 atom stereocenters. The first-order valence-corrected chi connectivity index (χ1v) is 5.96. The number of rotatable bonds is 5. The summed E-state index contributed by atoms with van der Waals surface area (Å²) >= 11 is 0. The van der Waals surface area contributed by atoms with E-state index in [-0.39, 0.29) is 11.7 Å². The quantitative estimate of drug-likeness (QED) is 0.772. The van der Waals surface area contributed by atoms with Crippen molar-refractivity contribution in [2.75, 3.05) is 0 Å². The van der Waals surface area contributed by atoms with Crippen LogP contribution in [0.1, 0.15) is 43.0 Å². The largest absolute Gasteiger partial charge is 0.390 e. The Hall–Kier alpha value is -1.15. The van der Waals surface area contributed by atoms with E-state index in [0.29, 0.717) is 6.42 Å². The van der Waals surface area contributed by atoms with Crippen LogP contribution in [-0.2, 0) is 0 Å². The van der Waals surface area contributed by atoms with Gasteiger partial charge in [-0.3, -0.25) is 4.79 Å². The third-order valence-corrected chi connectivity index (χ3v) is 3.41. The predicted molar refractivity (Wildman–Crippen MR) is 63.4 cm³/mol. The second kappa shape index (κ2) is 4.38. The summed E-state index contributed by atoms with van der Waals surface area (Å²) in [5.74, 6) is 0.331. The van der Waals surface area contributed by atoms with Gasteiger partial charge in [-0.25, -0.2) is 0 Å². The fourth-order valence-electron chi connectivity index (χ4n) is 2.33. The van der Waals surface area contributed by atoms with Crippen molar-refractivity contribution in [3.8, 4) is 0 Å². The maximum atomic E-state index is 11.9. The van der Waals surface area contributed by atoms with Gasteiger partial charge < -0.3 is 5.11 Å². The average Bonchev–Trinajstić information content (AvgIpc) is 2.90. The Morgan fingerprint density at radius 3 is 2.75 bits per heavy atom. The molecule has 0 radical (unpaired) electrons. The molecule has 1 N–H and O–H groups in total. The molecule has 1 fully saturated rings. The van der Waals surface area contributed by atoms with E-state index >= 15 is 0 Å². The molecule has 0 saturated heterocycles. The normalized spacial score (nSPS) is 27.8. The first kappa shape index (κ1) is 11.3. The number of carbonyl (C=O) groups excluding carboxylic acids is 1. The smallest absolute Gasteiger partial charge is 0.163 e. The van der Waals surface area contributed by atoms with Crippen molar-refractivity contribution in [1.29, 1.82) is 0 Å². The molecule has 1 aliphatic carbocycles. The van der Waals surface area contributed by atoms with Crippen LogP contribution in [0.25, 0.3) is 0 Å². The van der Waals surface area contributed by atoms with Gasteiger partial charge in [0.1, 0.15) is 0 Å². The lowest BCUT2D eigenvalue weighted by molar-refractivity contribution is 0.0906. The van der Waals surface area contributed by atoms with E-state index in [2.05, 4.69) is 6.92 Å². The summed E-state index contributed by atoms with van der Waals surface area (Å²) in [6.45, 7) is 2.06. The molecule has 0 heterocycles. The molecule has 2 nitrogen and oxygen atoms in total. The number of hydrogen-bond donors (Lipinski definition) is 1. The number of carbonyl (C=O) groups is 1. The van der Waals surface area contributed by atoms with E-state index in [1.165, 1.54) is 0 Å². The summed E-state index contributed by atoms with van der Waals surface area (Å²) in [5, 5.41) is 10.0. The molecular weight excluding hydrogens is 200 g/mol. The van der Waals surface area contributed by atoms with Crippen molar-refractivity contribution in [2.45, 2.75) is 38.2 Å². The molecule has 2 heteroatoms. The third kappa shape index (κ3) is 2.33. The van der Waals surface area contributed by atoms with Gasteiger partial charge in [-0.05, 0) is 18.8 Å². The monoisotopic (exact) mass is 218 g/mol. The summed E-state index contributed by atoms with van der Waals surface area (Å²) in [6.07, 6.45) is 3.08. The Balaban J connectivity index is 1.91. The molecule has 0 amide bonds. The number of ketones is 1. The topological polar surface area (TPSA) is 37.3 Å². The van der Waals surface area contributed by atoms with Crippen LogP contribution in [0.4, 0.5) is 0 Å². The molecule has 16 heavy (non-hydrogen) atoms. The van der Waals surface area contributed by atoms with Gasteiger partial charge in [0.15, 0.2) is 5.78 Å². The van der Waals surface area contributed by atoms with E-state index in [1.54, 1.807) is 0 Å². The minimum atomic E-state index is -0.542. The highest BCUT2D eigenvalue weighted by atomic mass is 16.3. The predicted octanol–water partition coefficient (Wildman–Crippen LogP) is 2.81. The molecule has 1 aromatic rings. The average molecular weight is 218 g/mol. The van der Waals surface area contributed by atoms with Crippen LogP contribution in [0, 0.1) is 5.92 Å². The van der Waals surface area contributed by atoms with Gasteiger partial charge in [-0.15, -0.1) is 0 Å². The summed E-state index contributed by atoms with van der Waals surface area (Å²) in [5.41, 5.74) is 0.215. The molecule has 0 spiro atoms. The zero-order valence-corrected chi connectivity index (χ0v) is 9.65. The van der Waals surface area contributed by atoms with Gasteiger partial charge in [-0.2, -0.15) is 0 Å². The van der Waals surface area contributed by atoms with Gasteiger partial charge in [0.2, 0.25) is 0 Å². The fraction of sp³-hybridized carbons (Fsp3) is 0.500. The molecule has 1 saturated carbocycles. The molecule has 0 unspecified atom stereocenters. The molecule has 2 rings (SSSR count). The molecule has 1 aromatic carbocycles. The molecule has 0 aliphatic heterocycles. The summed E-state index contributed by atoms with van der Waals surface area (Å²) in [4.78, 5) is 11.9. The van der Waals surface area contributed by atoms with E-state index in [1.807, 2.05) is 30.3 Å². The minimum absolute atomic E-state index is 0.151. The first-order chi connectivity index (χ1) is 7.65. The van der Waals surface area contributed by atoms with Gasteiger partial charge in [0.05, 0.1) is 5.60 Å². The van der Waals surface area contributed by atoms with E-state index in [0.717, 1.165) is 24.8 Å². The highest BCUT2D eigenvalue weighted by Gasteiger charge is 2.52. The maximum Gasteiger partial charge on any atom is 0.163 e. The highest BCUT2D eigenvalue weighted by Crippen LogP contribution is 2.49. The van der Waals surface area contributed by atoms with Crippen LogP contribution in [0.15, 0.2) is 30.3 Å². The molecule has 0 bridgehead atoms. The van der Waals surface area contributed by atoms with Crippen molar-refractivity contribution in [2.24, 2.45) is 5.92 Å². The van der Waals surface area contributed by atoms with Crippen LogP contribution in [0.3, 0.4) is 0 Å². The third-order valence-electron chi connectivity index (χ3n) is 3.41. The summed E-state index contributed by atoms with van der Waals surface area (Å²) < 4.78 is 0. The molecule has 86 valence electrons. The summed E-state index contributed by atoms with van der Waals surface area (Å²) in [6, 6.07) is 9.32. The zero-order chi connectivity index (χ0) is 11.6. The summed E-state index contributed by atoms with van der Waals surface area (Å²) in [7, 11) is 0. The Morgan fingerprint density at radius 1 is 1.44 bits per heavy atom. The van der Waals surface area contributed by atoms with Crippen LogP contribution < -0.4 is 0 Å². The van der Waals surface area contributed by atoms with Crippen molar-refractivity contribution in [3.05, 3.63) is 35.9 Å². The molecule has 1 aliphatic rings. The maximum absolute atomic E-state index is 11.9. The van der Waals surface area contributed by atoms with Crippen LogP contribution in [-0.4, -0.2) is 16.5 Å². The van der Waals surface area contributed by atoms with Crippen LogP contribution in [0.5, 0.6) is 0 Å². The van der Waals surface area contributed by atoms with Crippen molar-refractivity contribution < 1.29 is 9.90 Å². The first-order valence-electron chi connectivity index (χ1n) is 5.96. The second-order valence-electron chi connectivity index (χ2n) is 4.75. The van der Waals surface area contributed by atoms with Gasteiger partial charge in [0, 0.05) is 12.0 Å². The van der Waals surface area contributed by atoms with Crippen LogP contribution in [0.2, 0.25) is 0 Å². The van der Waals surface area contributed by atoms with Crippen molar-refractivity contribution >= 4 is 5.78 Å². The van der Waals surface area contributed by atoms with Gasteiger partial charge in [-0.1, -0.05) is 43.7 Å². The van der Waals surface area contributed by atoms with Gasteiger partial charge >= 0.3 is 0 Å². The van der Waals surface area contributed by atoms with Gasteiger partial charge in [0.25, 0.3) is 0 Å². The Kier molecular flexibility index (Phi) is 3.10. The van der Waals surface area contributed by atoms with E-state index in [4.69, 9.17) is 0 Å². The second-order valence-corrected chi connectivity index (χ2v) is 4.75. The van der Waals surface area contributed by atoms with Crippen molar-refractivity contribution in [1.82, 2.24) is 0 Å². The van der Waals surface area contributed by atoms with Crippen LogP contribution >= 0.6 is 0 Å². The molecular formula is C14H18O2. The number of Topliss-reactive ketones (excluding diaryl/α,β-unsaturated/α-hetero) is 1. The minimum Gasteiger partial charge on any atom is -0.390 e. The Morgan fingerprint density at radius 2 is 2.12 bits per heavy atom. The highest BCUT2D eigenvalue weighted by molar-refractivity contribution is 5.96. The van der Waals surface area contributed by atoms with Crippen molar-refractivity contribution in [3.63, 3.8) is 0 Å². The standard InChI is InChI=1S/C14H18O2/c1-2-8-14(16)10-12(14)9-13(15)11-6-4-3-5-7-11/h3-7,12,16H,2,8-10H2,1H3/t12-,14+/m0/s1. The molecule has 0 aromatic heterocycles. The zero-order valence-electron chi connectivity index (χ0n) is 9.65.